The summed E-state index contributed by atoms with van der Waals surface area (Å²) in [5.41, 5.74) is 0.399. The molecular formula is C22H25Cl2N3O6. The van der Waals surface area contributed by atoms with Gasteiger partial charge in [-0.15, -0.1) is 0 Å². The van der Waals surface area contributed by atoms with Gasteiger partial charge < -0.3 is 24.3 Å². The van der Waals surface area contributed by atoms with Crippen LogP contribution in [-0.2, 0) is 9.59 Å². The van der Waals surface area contributed by atoms with Gasteiger partial charge in [-0.2, -0.15) is 10.2 Å². The molecule has 11 heteroatoms. The first kappa shape index (κ1) is 26.2. The maximum Gasteiger partial charge on any atom is 0.258 e. The van der Waals surface area contributed by atoms with Gasteiger partial charge in [-0.1, -0.05) is 23.2 Å². The second kappa shape index (κ2) is 12.3. The fourth-order valence-corrected chi connectivity index (χ4v) is 3.26. The average Bonchev–Trinajstić information content (AvgIpc) is 2.76. The molecule has 0 radical (unpaired) electrons. The number of nitrogens with one attached hydrogen (secondary N) is 1. The number of benzene rings is 2. The SMILES string of the molecule is CCOc1cc(N=NC(C(C)=O)C(=O)Nc2cc(OC)cc(Cl)c2OC)c(Cl)c(OCC)c1. The molecule has 0 spiro atoms. The Kier molecular flexibility index (Phi) is 9.74. The van der Waals surface area contributed by atoms with Crippen molar-refractivity contribution in [2.24, 2.45) is 10.2 Å². The highest BCUT2D eigenvalue weighted by Crippen LogP contribution is 2.39. The Hall–Kier alpha value is -3.04. The molecule has 0 bridgehead atoms. The highest BCUT2D eigenvalue weighted by molar-refractivity contribution is 6.34. The Morgan fingerprint density at radius 1 is 1.00 bits per heavy atom. The van der Waals surface area contributed by atoms with E-state index in [4.69, 9.17) is 42.1 Å². The standard InChI is InChI=1S/C22H25Cl2N3O6/c1-6-32-14-10-16(19(24)18(11-14)33-7-2)26-27-20(12(3)28)22(29)25-17-9-13(30-4)8-15(23)21(17)31-5/h8-11,20H,6-7H2,1-5H3,(H,25,29). The summed E-state index contributed by atoms with van der Waals surface area (Å²) in [4.78, 5) is 25.1. The number of halogens is 2. The van der Waals surface area contributed by atoms with Crippen molar-refractivity contribution in [2.45, 2.75) is 26.8 Å². The molecule has 9 nitrogen and oxygen atoms in total. The molecule has 0 saturated carbocycles. The third-order valence-corrected chi connectivity index (χ3v) is 4.89. The Balaban J connectivity index is 2.38. The van der Waals surface area contributed by atoms with Gasteiger partial charge in [0.05, 0.1) is 38.1 Å². The van der Waals surface area contributed by atoms with Crippen LogP contribution in [0.2, 0.25) is 10.0 Å². The molecular weight excluding hydrogens is 473 g/mol. The summed E-state index contributed by atoms with van der Waals surface area (Å²) in [5, 5.41) is 11.0. The van der Waals surface area contributed by atoms with Crippen LogP contribution in [0.15, 0.2) is 34.5 Å². The first-order valence-electron chi connectivity index (χ1n) is 9.98. The van der Waals surface area contributed by atoms with Crippen LogP contribution in [-0.4, -0.2) is 45.2 Å². The molecule has 0 aliphatic rings. The monoisotopic (exact) mass is 497 g/mol. The molecule has 0 aromatic heterocycles. The lowest BCUT2D eigenvalue weighted by atomic mass is 10.2. The lowest BCUT2D eigenvalue weighted by Crippen LogP contribution is -2.32. The molecule has 0 heterocycles. The van der Waals surface area contributed by atoms with Crippen LogP contribution < -0.4 is 24.3 Å². The van der Waals surface area contributed by atoms with Gasteiger partial charge in [0.1, 0.15) is 28.0 Å². The molecule has 1 atom stereocenters. The van der Waals surface area contributed by atoms with Gasteiger partial charge in [-0.25, -0.2) is 0 Å². The number of ether oxygens (including phenoxy) is 4. The lowest BCUT2D eigenvalue weighted by molar-refractivity contribution is -0.126. The molecule has 0 fully saturated rings. The maximum atomic E-state index is 12.9. The molecule has 2 aromatic rings. The van der Waals surface area contributed by atoms with E-state index in [9.17, 15) is 9.59 Å². The first-order valence-corrected chi connectivity index (χ1v) is 10.7. The van der Waals surface area contributed by atoms with Crippen molar-refractivity contribution in [3.05, 3.63) is 34.3 Å². The number of rotatable bonds is 11. The quantitative estimate of drug-likeness (QED) is 0.324. The van der Waals surface area contributed by atoms with Gasteiger partial charge in [-0.05, 0) is 20.8 Å². The van der Waals surface area contributed by atoms with E-state index in [2.05, 4.69) is 15.5 Å². The summed E-state index contributed by atoms with van der Waals surface area (Å²) in [6.07, 6.45) is 0. The van der Waals surface area contributed by atoms with Crippen LogP contribution in [0.4, 0.5) is 11.4 Å². The van der Waals surface area contributed by atoms with Gasteiger partial charge in [0.2, 0.25) is 6.04 Å². The van der Waals surface area contributed by atoms with Gasteiger partial charge in [0.25, 0.3) is 5.91 Å². The zero-order valence-corrected chi connectivity index (χ0v) is 20.4. The van der Waals surface area contributed by atoms with Crippen LogP contribution in [0, 0.1) is 0 Å². The Labute approximate surface area is 202 Å². The normalized spacial score (nSPS) is 11.7. The van der Waals surface area contributed by atoms with Crippen molar-refractivity contribution in [3.8, 4) is 23.0 Å². The molecule has 0 aliphatic carbocycles. The average molecular weight is 498 g/mol. The molecule has 2 rings (SSSR count). The smallest absolute Gasteiger partial charge is 0.258 e. The number of anilines is 1. The van der Waals surface area contributed by atoms with E-state index in [1.165, 1.54) is 39.3 Å². The highest BCUT2D eigenvalue weighted by atomic mass is 35.5. The molecule has 1 unspecified atom stereocenters. The van der Waals surface area contributed by atoms with E-state index in [0.29, 0.717) is 30.5 Å². The maximum absolute atomic E-state index is 12.9. The summed E-state index contributed by atoms with van der Waals surface area (Å²) in [6.45, 7) is 5.64. The number of nitrogens with zero attached hydrogens (tertiary/aromatic N) is 2. The minimum atomic E-state index is -1.46. The number of hydrogen-bond acceptors (Lipinski definition) is 8. The van der Waals surface area contributed by atoms with E-state index in [1.807, 2.05) is 6.92 Å². The van der Waals surface area contributed by atoms with E-state index in [-0.39, 0.29) is 27.2 Å². The summed E-state index contributed by atoms with van der Waals surface area (Å²) in [6, 6.07) is 4.75. The van der Waals surface area contributed by atoms with Gasteiger partial charge in [0.15, 0.2) is 11.5 Å². The zero-order valence-electron chi connectivity index (χ0n) is 18.9. The third kappa shape index (κ3) is 6.72. The Morgan fingerprint density at radius 2 is 1.70 bits per heavy atom. The molecule has 0 saturated heterocycles. The van der Waals surface area contributed by atoms with Gasteiger partial charge in [0, 0.05) is 24.3 Å². The summed E-state index contributed by atoms with van der Waals surface area (Å²) >= 11 is 12.5. The third-order valence-electron chi connectivity index (χ3n) is 4.23. The van der Waals surface area contributed by atoms with Crippen LogP contribution in [0.25, 0.3) is 0 Å². The first-order chi connectivity index (χ1) is 15.7. The van der Waals surface area contributed by atoms with Crippen LogP contribution in [0.5, 0.6) is 23.0 Å². The van der Waals surface area contributed by atoms with Crippen molar-refractivity contribution in [1.82, 2.24) is 0 Å². The number of hydrogen-bond donors (Lipinski definition) is 1. The van der Waals surface area contributed by atoms with Crippen molar-refractivity contribution in [2.75, 3.05) is 32.8 Å². The second-order valence-electron chi connectivity index (χ2n) is 6.53. The minimum absolute atomic E-state index is 0.174. The predicted molar refractivity (Wildman–Crippen MR) is 126 cm³/mol. The van der Waals surface area contributed by atoms with Crippen LogP contribution in [0.3, 0.4) is 0 Å². The Morgan fingerprint density at radius 3 is 2.27 bits per heavy atom. The van der Waals surface area contributed by atoms with Crippen molar-refractivity contribution in [3.63, 3.8) is 0 Å². The number of amides is 1. The number of ketones is 1. The molecule has 0 aliphatic heterocycles. The number of azo groups is 1. The zero-order chi connectivity index (χ0) is 24.5. The lowest BCUT2D eigenvalue weighted by Gasteiger charge is -2.15. The minimum Gasteiger partial charge on any atom is -0.497 e. The Bertz CT molecular complexity index is 1050. The molecule has 2 aromatic carbocycles. The molecule has 1 amide bonds. The topological polar surface area (TPSA) is 108 Å². The molecule has 178 valence electrons. The van der Waals surface area contributed by atoms with Crippen molar-refractivity contribution in [1.29, 1.82) is 0 Å². The molecule has 1 N–H and O–H groups in total. The summed E-state index contributed by atoms with van der Waals surface area (Å²) in [7, 11) is 2.85. The van der Waals surface area contributed by atoms with E-state index < -0.39 is 17.7 Å². The van der Waals surface area contributed by atoms with Gasteiger partial charge in [-0.3, -0.25) is 9.59 Å². The predicted octanol–water partition coefficient (Wildman–Crippen LogP) is 5.49. The van der Waals surface area contributed by atoms with Crippen LogP contribution >= 0.6 is 23.2 Å². The van der Waals surface area contributed by atoms with E-state index in [1.54, 1.807) is 13.0 Å². The highest BCUT2D eigenvalue weighted by Gasteiger charge is 2.25. The number of carbonyl (C=O) groups is 2. The largest absolute Gasteiger partial charge is 0.497 e. The van der Waals surface area contributed by atoms with Crippen molar-refractivity contribution >= 4 is 46.3 Å². The van der Waals surface area contributed by atoms with E-state index >= 15 is 0 Å². The summed E-state index contributed by atoms with van der Waals surface area (Å²) < 4.78 is 21.4. The van der Waals surface area contributed by atoms with Crippen molar-refractivity contribution < 1.29 is 28.5 Å². The number of carbonyl (C=O) groups excluding carboxylic acids is 2. The fourth-order valence-electron chi connectivity index (χ4n) is 2.77. The van der Waals surface area contributed by atoms with Crippen LogP contribution in [0.1, 0.15) is 20.8 Å². The number of methoxy groups -OCH3 is 2. The number of Topliss-reactive ketones (excluding diaryl/α,β-unsaturated/α-hetero) is 1. The summed E-state index contributed by atoms with van der Waals surface area (Å²) in [5.74, 6) is 0.124. The van der Waals surface area contributed by atoms with Gasteiger partial charge >= 0.3 is 0 Å². The fraction of sp³-hybridized carbons (Fsp3) is 0.364. The molecule has 33 heavy (non-hydrogen) atoms. The second-order valence-corrected chi connectivity index (χ2v) is 7.31. The van der Waals surface area contributed by atoms with E-state index in [0.717, 1.165) is 0 Å².